The lowest BCUT2D eigenvalue weighted by Crippen LogP contribution is -2.53. The number of phenols is 1. The topological polar surface area (TPSA) is 150 Å². The molecule has 4 heterocycles. The average Bonchev–Trinajstić information content (AvgIpc) is 3.59. The van der Waals surface area contributed by atoms with Crippen molar-refractivity contribution in [2.24, 2.45) is 0 Å². The number of nitrogens with one attached hydrogen (secondary N) is 1. The number of likely N-dealkylation sites (tertiary alicyclic amines) is 1. The maximum Gasteiger partial charge on any atom is 0.254 e. The maximum atomic E-state index is 14.1. The molecule has 2 saturated heterocycles. The Hall–Kier alpha value is -4.68. The summed E-state index contributed by atoms with van der Waals surface area (Å²) in [5.74, 6) is -1.59. The van der Waals surface area contributed by atoms with Crippen LogP contribution < -0.4 is 5.32 Å². The molecular weight excluding hydrogens is 570 g/mol. The van der Waals surface area contributed by atoms with Crippen LogP contribution in [0.5, 0.6) is 5.75 Å². The van der Waals surface area contributed by atoms with Gasteiger partial charge in [0.15, 0.2) is 5.78 Å². The number of benzene rings is 2. The number of amides is 2. The molecule has 0 radical (unpaired) electrons. The Balaban J connectivity index is 1.26. The molecule has 43 heavy (non-hydrogen) atoms. The molecule has 0 bridgehead atoms. The number of sulfonamides is 1. The number of nitrogens with zero attached hydrogens (tertiary/aromatic N) is 4. The molecule has 12 heteroatoms. The van der Waals surface area contributed by atoms with Gasteiger partial charge < -0.3 is 15.3 Å². The third-order valence-corrected chi connectivity index (χ3v) is 9.76. The van der Waals surface area contributed by atoms with Gasteiger partial charge in [0, 0.05) is 36.9 Å². The van der Waals surface area contributed by atoms with Crippen LogP contribution in [0.3, 0.4) is 0 Å². The highest BCUT2D eigenvalue weighted by Gasteiger charge is 2.54. The van der Waals surface area contributed by atoms with Crippen molar-refractivity contribution in [1.29, 1.82) is 0 Å². The average molecular weight is 600 g/mol. The van der Waals surface area contributed by atoms with Crippen molar-refractivity contribution in [3.63, 3.8) is 0 Å². The Morgan fingerprint density at radius 3 is 2.53 bits per heavy atom. The molecule has 220 valence electrons. The summed E-state index contributed by atoms with van der Waals surface area (Å²) in [6, 6.07) is 15.7. The molecule has 0 saturated carbocycles. The Bertz CT molecular complexity index is 1790. The summed E-state index contributed by atoms with van der Waals surface area (Å²) in [5, 5.41) is 13.4. The molecule has 3 atom stereocenters. The summed E-state index contributed by atoms with van der Waals surface area (Å²) in [6.45, 7) is -0.158. The quantitative estimate of drug-likeness (QED) is 0.313. The van der Waals surface area contributed by atoms with Gasteiger partial charge in [-0.15, -0.1) is 0 Å². The molecule has 2 aliphatic rings. The fourth-order valence-electron chi connectivity index (χ4n) is 5.95. The Kier molecular flexibility index (Phi) is 7.63. The van der Waals surface area contributed by atoms with E-state index in [1.54, 1.807) is 54.9 Å². The van der Waals surface area contributed by atoms with Crippen molar-refractivity contribution in [3.05, 3.63) is 102 Å². The van der Waals surface area contributed by atoms with Crippen molar-refractivity contribution in [2.45, 2.75) is 36.7 Å². The van der Waals surface area contributed by atoms with Crippen molar-refractivity contribution in [2.75, 3.05) is 13.1 Å². The maximum absolute atomic E-state index is 14.1. The summed E-state index contributed by atoms with van der Waals surface area (Å²) in [6.07, 6.45) is 4.99. The van der Waals surface area contributed by atoms with E-state index in [9.17, 15) is 27.9 Å². The highest BCUT2D eigenvalue weighted by molar-refractivity contribution is 7.88. The second-order valence-electron chi connectivity index (χ2n) is 10.7. The van der Waals surface area contributed by atoms with Gasteiger partial charge in [-0.25, -0.2) is 8.42 Å². The second kappa shape index (κ2) is 11.5. The van der Waals surface area contributed by atoms with Crippen LogP contribution >= 0.6 is 0 Å². The van der Waals surface area contributed by atoms with Gasteiger partial charge in [-0.2, -0.15) is 4.31 Å². The van der Waals surface area contributed by atoms with E-state index in [2.05, 4.69) is 15.3 Å². The number of aromatic nitrogens is 2. The molecule has 4 aromatic rings. The summed E-state index contributed by atoms with van der Waals surface area (Å²) in [4.78, 5) is 50.6. The van der Waals surface area contributed by atoms with Gasteiger partial charge >= 0.3 is 0 Å². The molecule has 2 fully saturated rings. The van der Waals surface area contributed by atoms with E-state index >= 15 is 0 Å². The molecule has 0 spiro atoms. The Labute approximate surface area is 248 Å². The van der Waals surface area contributed by atoms with E-state index in [0.29, 0.717) is 28.6 Å². The van der Waals surface area contributed by atoms with E-state index in [-0.39, 0.29) is 36.8 Å². The van der Waals surface area contributed by atoms with Crippen molar-refractivity contribution in [3.8, 4) is 5.75 Å². The number of pyridine rings is 2. The monoisotopic (exact) mass is 599 g/mol. The first-order valence-corrected chi connectivity index (χ1v) is 15.5. The first-order valence-electron chi connectivity index (χ1n) is 13.9. The fraction of sp³-hybridized carbons (Fsp3) is 0.258. The van der Waals surface area contributed by atoms with Gasteiger partial charge in [0.2, 0.25) is 15.9 Å². The number of Topliss-reactive ketones (excluding diaryl/α,β-unsaturated/α-hetero) is 1. The van der Waals surface area contributed by atoms with Crippen LogP contribution in [0.2, 0.25) is 0 Å². The predicted octanol–water partition coefficient (Wildman–Crippen LogP) is 2.06. The zero-order valence-corrected chi connectivity index (χ0v) is 23.9. The van der Waals surface area contributed by atoms with E-state index < -0.39 is 40.0 Å². The number of rotatable bonds is 8. The molecule has 3 unspecified atom stereocenters. The van der Waals surface area contributed by atoms with E-state index in [0.717, 1.165) is 5.39 Å². The molecule has 6 rings (SSSR count). The van der Waals surface area contributed by atoms with E-state index in [1.165, 1.54) is 27.5 Å². The minimum atomic E-state index is -3.86. The first-order chi connectivity index (χ1) is 20.7. The van der Waals surface area contributed by atoms with Gasteiger partial charge in [-0.3, -0.25) is 24.4 Å². The van der Waals surface area contributed by atoms with Crippen LogP contribution in [0.1, 0.15) is 27.9 Å². The van der Waals surface area contributed by atoms with Gasteiger partial charge in [0.25, 0.3) is 5.91 Å². The molecule has 0 aliphatic carbocycles. The fourth-order valence-corrected chi connectivity index (χ4v) is 7.67. The van der Waals surface area contributed by atoms with Crippen LogP contribution in [0.15, 0.2) is 85.3 Å². The third kappa shape index (κ3) is 5.71. The number of hydrogen-bond acceptors (Lipinski definition) is 8. The molecule has 2 amide bonds. The van der Waals surface area contributed by atoms with Gasteiger partial charge in [-0.1, -0.05) is 36.4 Å². The largest absolute Gasteiger partial charge is 0.508 e. The number of aromatic hydroxyl groups is 1. The molecule has 2 N–H and O–H groups in total. The number of hydrogen-bond donors (Lipinski definition) is 2. The lowest BCUT2D eigenvalue weighted by molar-refractivity contribution is -0.138. The van der Waals surface area contributed by atoms with Crippen LogP contribution in [-0.4, -0.2) is 81.5 Å². The standard InChI is InChI=1S/C31H29N5O6S/c37-23-10-8-20(9-11-23)16-25(34-30(39)24-7-1-5-22-6-3-14-33-28(22)24)31(40)35-15-12-26-29(35)27(38)18-36(26)43(41,42)19-21-4-2-13-32-17-21/h1-11,13-14,17,25-26,29,37H,12,15-16,18-19H2,(H,34,39). The number of ketones is 1. The summed E-state index contributed by atoms with van der Waals surface area (Å²) in [7, 11) is -3.86. The first kappa shape index (κ1) is 28.4. The van der Waals surface area contributed by atoms with E-state index in [4.69, 9.17) is 0 Å². The molecule has 2 aromatic heterocycles. The minimum Gasteiger partial charge on any atom is -0.508 e. The van der Waals surface area contributed by atoms with Gasteiger partial charge in [-0.05, 0) is 47.9 Å². The SMILES string of the molecule is O=C(NC(Cc1ccc(O)cc1)C(=O)N1CCC2C1C(=O)CN2S(=O)(=O)Cc1cccnc1)c1cccc2cccnc12. The number of phenolic OH excluding ortho intramolecular Hbond substituents is 1. The van der Waals surface area contributed by atoms with Crippen molar-refractivity contribution < 1.29 is 27.9 Å². The minimum absolute atomic E-state index is 0.0593. The normalized spacial score (nSPS) is 19.3. The van der Waals surface area contributed by atoms with Crippen molar-refractivity contribution >= 4 is 38.5 Å². The van der Waals surface area contributed by atoms with Crippen LogP contribution in [0, 0.1) is 0 Å². The molecule has 11 nitrogen and oxygen atoms in total. The van der Waals surface area contributed by atoms with E-state index in [1.807, 2.05) is 12.1 Å². The second-order valence-corrected chi connectivity index (χ2v) is 12.7. The highest BCUT2D eigenvalue weighted by atomic mass is 32.2. The molecular formula is C31H29N5O6S. The molecule has 2 aliphatic heterocycles. The lowest BCUT2D eigenvalue weighted by atomic mass is 10.0. The van der Waals surface area contributed by atoms with Gasteiger partial charge in [0.05, 0.1) is 29.4 Å². The number of carbonyl (C=O) groups is 3. The van der Waals surface area contributed by atoms with Crippen LogP contribution in [-0.2, 0) is 31.8 Å². The summed E-state index contributed by atoms with van der Waals surface area (Å²) in [5.41, 5.74) is 1.97. The van der Waals surface area contributed by atoms with Crippen LogP contribution in [0.4, 0.5) is 0 Å². The zero-order chi connectivity index (χ0) is 30.1. The third-order valence-electron chi connectivity index (χ3n) is 7.95. The Morgan fingerprint density at radius 2 is 1.77 bits per heavy atom. The number of para-hydroxylation sites is 1. The summed E-state index contributed by atoms with van der Waals surface area (Å²) < 4.78 is 27.9. The zero-order valence-electron chi connectivity index (χ0n) is 23.0. The van der Waals surface area contributed by atoms with Crippen molar-refractivity contribution in [1.82, 2.24) is 24.5 Å². The molecule has 2 aromatic carbocycles. The van der Waals surface area contributed by atoms with Crippen LogP contribution in [0.25, 0.3) is 10.9 Å². The predicted molar refractivity (Wildman–Crippen MR) is 157 cm³/mol. The number of carbonyl (C=O) groups excluding carboxylic acids is 3. The summed E-state index contributed by atoms with van der Waals surface area (Å²) >= 11 is 0. The highest BCUT2D eigenvalue weighted by Crippen LogP contribution is 2.33. The van der Waals surface area contributed by atoms with Gasteiger partial charge in [0.1, 0.15) is 17.8 Å². The Morgan fingerprint density at radius 1 is 1.00 bits per heavy atom. The number of fused-ring (bicyclic) bond motifs is 2. The smallest absolute Gasteiger partial charge is 0.254 e. The lowest BCUT2D eigenvalue weighted by Gasteiger charge is -2.28.